The SMILES string of the molecule is COc1ccccc1-c1ccc(NCc2ccccc2Cl)nn1. The number of hydrogen-bond acceptors (Lipinski definition) is 4. The third-order valence-electron chi connectivity index (χ3n) is 3.47. The van der Waals surface area contributed by atoms with Crippen LogP contribution in [0, 0.1) is 0 Å². The van der Waals surface area contributed by atoms with Crippen molar-refractivity contribution in [3.05, 3.63) is 71.2 Å². The molecule has 0 unspecified atom stereocenters. The summed E-state index contributed by atoms with van der Waals surface area (Å²) in [5.74, 6) is 1.47. The summed E-state index contributed by atoms with van der Waals surface area (Å²) >= 11 is 6.14. The van der Waals surface area contributed by atoms with Crippen LogP contribution in [0.2, 0.25) is 5.02 Å². The predicted molar refractivity (Wildman–Crippen MR) is 92.8 cm³/mol. The summed E-state index contributed by atoms with van der Waals surface area (Å²) in [5, 5.41) is 12.4. The quantitative estimate of drug-likeness (QED) is 0.754. The second-order valence-electron chi connectivity index (χ2n) is 4.95. The van der Waals surface area contributed by atoms with Gasteiger partial charge in [0, 0.05) is 17.1 Å². The maximum absolute atomic E-state index is 6.14. The number of methoxy groups -OCH3 is 1. The molecular weight excluding hydrogens is 310 g/mol. The number of nitrogens with one attached hydrogen (secondary N) is 1. The Bertz CT molecular complexity index is 790. The van der Waals surface area contributed by atoms with Gasteiger partial charge in [-0.05, 0) is 35.9 Å². The predicted octanol–water partition coefficient (Wildman–Crippen LogP) is 4.42. The molecular formula is C18H16ClN3O. The Morgan fingerprint density at radius 2 is 1.74 bits per heavy atom. The van der Waals surface area contributed by atoms with Gasteiger partial charge in [-0.1, -0.05) is 41.9 Å². The van der Waals surface area contributed by atoms with Gasteiger partial charge in [0.25, 0.3) is 0 Å². The highest BCUT2D eigenvalue weighted by molar-refractivity contribution is 6.31. The zero-order valence-electron chi connectivity index (χ0n) is 12.7. The molecule has 116 valence electrons. The molecule has 3 aromatic rings. The number of benzene rings is 2. The van der Waals surface area contributed by atoms with Crippen LogP contribution >= 0.6 is 11.6 Å². The molecule has 1 heterocycles. The van der Waals surface area contributed by atoms with E-state index in [2.05, 4.69) is 15.5 Å². The molecule has 0 amide bonds. The van der Waals surface area contributed by atoms with Gasteiger partial charge in [0.05, 0.1) is 12.8 Å². The van der Waals surface area contributed by atoms with Crippen molar-refractivity contribution in [2.24, 2.45) is 0 Å². The Hall–Kier alpha value is -2.59. The lowest BCUT2D eigenvalue weighted by atomic mass is 10.1. The van der Waals surface area contributed by atoms with E-state index in [1.165, 1.54) is 0 Å². The minimum atomic E-state index is 0.600. The summed E-state index contributed by atoms with van der Waals surface area (Å²) in [6.07, 6.45) is 0. The van der Waals surface area contributed by atoms with Gasteiger partial charge >= 0.3 is 0 Å². The number of hydrogen-bond donors (Lipinski definition) is 1. The van der Waals surface area contributed by atoms with Crippen molar-refractivity contribution in [1.82, 2.24) is 10.2 Å². The van der Waals surface area contributed by atoms with Gasteiger partial charge in [0.2, 0.25) is 0 Å². The largest absolute Gasteiger partial charge is 0.496 e. The summed E-state index contributed by atoms with van der Waals surface area (Å²) in [6.45, 7) is 0.600. The summed E-state index contributed by atoms with van der Waals surface area (Å²) < 4.78 is 5.35. The zero-order valence-corrected chi connectivity index (χ0v) is 13.4. The molecule has 0 saturated heterocycles. The number of anilines is 1. The van der Waals surface area contributed by atoms with Crippen molar-refractivity contribution in [2.45, 2.75) is 6.54 Å². The third kappa shape index (κ3) is 3.60. The molecule has 0 aliphatic heterocycles. The molecule has 5 heteroatoms. The summed E-state index contributed by atoms with van der Waals surface area (Å²) in [7, 11) is 1.64. The molecule has 3 rings (SSSR count). The first kappa shape index (κ1) is 15.3. The van der Waals surface area contributed by atoms with Crippen LogP contribution in [0.1, 0.15) is 5.56 Å². The highest BCUT2D eigenvalue weighted by Gasteiger charge is 2.07. The molecule has 0 fully saturated rings. The molecule has 0 atom stereocenters. The van der Waals surface area contributed by atoms with Crippen molar-refractivity contribution in [2.75, 3.05) is 12.4 Å². The maximum Gasteiger partial charge on any atom is 0.148 e. The first-order valence-electron chi connectivity index (χ1n) is 7.22. The Morgan fingerprint density at radius 1 is 0.957 bits per heavy atom. The lowest BCUT2D eigenvalue weighted by Crippen LogP contribution is -2.03. The Morgan fingerprint density at radius 3 is 2.48 bits per heavy atom. The molecule has 0 spiro atoms. The summed E-state index contributed by atoms with van der Waals surface area (Å²) in [4.78, 5) is 0. The van der Waals surface area contributed by atoms with Crippen molar-refractivity contribution in [1.29, 1.82) is 0 Å². The van der Waals surface area contributed by atoms with Gasteiger partial charge < -0.3 is 10.1 Å². The van der Waals surface area contributed by atoms with E-state index in [9.17, 15) is 0 Å². The van der Waals surface area contributed by atoms with E-state index < -0.39 is 0 Å². The van der Waals surface area contributed by atoms with E-state index in [4.69, 9.17) is 16.3 Å². The van der Waals surface area contributed by atoms with Crippen LogP contribution in [0.15, 0.2) is 60.7 Å². The molecule has 0 radical (unpaired) electrons. The smallest absolute Gasteiger partial charge is 0.148 e. The van der Waals surface area contributed by atoms with E-state index in [0.717, 1.165) is 27.6 Å². The van der Waals surface area contributed by atoms with Crippen LogP contribution in [-0.4, -0.2) is 17.3 Å². The fraction of sp³-hybridized carbons (Fsp3) is 0.111. The molecule has 0 aliphatic carbocycles. The maximum atomic E-state index is 6.14. The standard InChI is InChI=1S/C18H16ClN3O/c1-23-17-9-5-3-7-14(17)16-10-11-18(22-21-16)20-12-13-6-2-4-8-15(13)19/h2-11H,12H2,1H3,(H,20,22). The third-order valence-corrected chi connectivity index (χ3v) is 3.83. The van der Waals surface area contributed by atoms with Crippen LogP contribution in [-0.2, 0) is 6.54 Å². The zero-order chi connectivity index (χ0) is 16.1. The van der Waals surface area contributed by atoms with E-state index in [1.54, 1.807) is 7.11 Å². The van der Waals surface area contributed by atoms with Crippen LogP contribution < -0.4 is 10.1 Å². The Labute approximate surface area is 140 Å². The van der Waals surface area contributed by atoms with Gasteiger partial charge in [-0.15, -0.1) is 10.2 Å². The van der Waals surface area contributed by atoms with Crippen LogP contribution in [0.3, 0.4) is 0 Å². The Kier molecular flexibility index (Phi) is 4.74. The average Bonchev–Trinajstić information content (AvgIpc) is 2.61. The number of rotatable bonds is 5. The van der Waals surface area contributed by atoms with Gasteiger partial charge in [-0.3, -0.25) is 0 Å². The van der Waals surface area contributed by atoms with Gasteiger partial charge in [-0.25, -0.2) is 0 Å². The van der Waals surface area contributed by atoms with E-state index in [1.807, 2.05) is 60.7 Å². The van der Waals surface area contributed by atoms with Crippen molar-refractivity contribution in [3.63, 3.8) is 0 Å². The fourth-order valence-electron chi connectivity index (χ4n) is 2.25. The molecule has 2 aromatic carbocycles. The second-order valence-corrected chi connectivity index (χ2v) is 5.36. The molecule has 4 nitrogen and oxygen atoms in total. The number of aromatic nitrogens is 2. The number of nitrogens with zero attached hydrogens (tertiary/aromatic N) is 2. The van der Waals surface area contributed by atoms with Gasteiger partial charge in [-0.2, -0.15) is 0 Å². The number of para-hydroxylation sites is 1. The van der Waals surface area contributed by atoms with Crippen molar-refractivity contribution in [3.8, 4) is 17.0 Å². The average molecular weight is 326 g/mol. The minimum Gasteiger partial charge on any atom is -0.496 e. The van der Waals surface area contributed by atoms with Crippen LogP contribution in [0.5, 0.6) is 5.75 Å². The van der Waals surface area contributed by atoms with Crippen molar-refractivity contribution < 1.29 is 4.74 Å². The van der Waals surface area contributed by atoms with Gasteiger partial charge in [0.15, 0.2) is 0 Å². The Balaban J connectivity index is 1.74. The van der Waals surface area contributed by atoms with Crippen LogP contribution in [0.4, 0.5) is 5.82 Å². The molecule has 1 aromatic heterocycles. The number of ether oxygens (including phenoxy) is 1. The lowest BCUT2D eigenvalue weighted by molar-refractivity contribution is 0.416. The summed E-state index contributed by atoms with van der Waals surface area (Å²) in [5.41, 5.74) is 2.70. The van der Waals surface area contributed by atoms with Crippen LogP contribution in [0.25, 0.3) is 11.3 Å². The number of halogens is 1. The lowest BCUT2D eigenvalue weighted by Gasteiger charge is -2.09. The molecule has 0 aliphatic rings. The van der Waals surface area contributed by atoms with Crippen molar-refractivity contribution >= 4 is 17.4 Å². The first-order valence-corrected chi connectivity index (χ1v) is 7.60. The normalized spacial score (nSPS) is 10.3. The van der Waals surface area contributed by atoms with E-state index in [-0.39, 0.29) is 0 Å². The minimum absolute atomic E-state index is 0.600. The summed E-state index contributed by atoms with van der Waals surface area (Å²) in [6, 6.07) is 19.3. The van der Waals surface area contributed by atoms with E-state index in [0.29, 0.717) is 12.4 Å². The highest BCUT2D eigenvalue weighted by Crippen LogP contribution is 2.27. The highest BCUT2D eigenvalue weighted by atomic mass is 35.5. The fourth-order valence-corrected chi connectivity index (χ4v) is 2.46. The monoisotopic (exact) mass is 325 g/mol. The molecule has 1 N–H and O–H groups in total. The molecule has 0 bridgehead atoms. The first-order chi connectivity index (χ1) is 11.3. The molecule has 23 heavy (non-hydrogen) atoms. The van der Waals surface area contributed by atoms with E-state index >= 15 is 0 Å². The van der Waals surface area contributed by atoms with Gasteiger partial charge in [0.1, 0.15) is 11.6 Å². The topological polar surface area (TPSA) is 47.0 Å². The second kappa shape index (κ2) is 7.11. The molecule has 0 saturated carbocycles.